The largest absolute Gasteiger partial charge is 0.488 e. The lowest BCUT2D eigenvalue weighted by Crippen LogP contribution is -2.45. The zero-order chi connectivity index (χ0) is 30.8. The van der Waals surface area contributed by atoms with Gasteiger partial charge in [0.25, 0.3) is 0 Å². The molecule has 2 fully saturated rings. The summed E-state index contributed by atoms with van der Waals surface area (Å²) < 4.78 is 55.5. The first-order valence-electron chi connectivity index (χ1n) is 14.3. The van der Waals surface area contributed by atoms with E-state index >= 15 is 0 Å². The Morgan fingerprint density at radius 2 is 1.93 bits per heavy atom. The molecule has 1 amide bonds. The number of fused-ring (bicyclic) bond motifs is 4. The molecule has 2 aromatic heterocycles. The highest BCUT2D eigenvalue weighted by Gasteiger charge is 2.39. The number of rotatable bonds is 6. The lowest BCUT2D eigenvalue weighted by Gasteiger charge is -2.35. The molecule has 2 bridgehead atoms. The lowest BCUT2D eigenvalue weighted by atomic mass is 10.1. The average Bonchev–Trinajstić information content (AvgIpc) is 3.55. The summed E-state index contributed by atoms with van der Waals surface area (Å²) >= 11 is 0. The smallest absolute Gasteiger partial charge is 0.416 e. The number of hydrogen-bond donors (Lipinski definition) is 0. The number of carbonyl (C=O) groups is 1. The van der Waals surface area contributed by atoms with E-state index < -0.39 is 17.5 Å². The van der Waals surface area contributed by atoms with Gasteiger partial charge in [-0.25, -0.2) is 19.9 Å². The summed E-state index contributed by atoms with van der Waals surface area (Å²) in [6.45, 7) is 9.94. The highest BCUT2D eigenvalue weighted by atomic mass is 19.4. The van der Waals surface area contributed by atoms with Crippen LogP contribution in [0, 0.1) is 0 Å². The molecule has 3 aliphatic heterocycles. The molecule has 2 unspecified atom stereocenters. The molecular weight excluding hydrogens is 565 g/mol. The Kier molecular flexibility index (Phi) is 8.84. The van der Waals surface area contributed by atoms with Gasteiger partial charge in [0.1, 0.15) is 18.5 Å². The van der Waals surface area contributed by atoms with Gasteiger partial charge in [0.2, 0.25) is 5.91 Å². The molecule has 3 aliphatic rings. The van der Waals surface area contributed by atoms with Crippen LogP contribution < -0.4 is 14.5 Å². The minimum Gasteiger partial charge on any atom is -0.488 e. The van der Waals surface area contributed by atoms with Gasteiger partial charge in [-0.3, -0.25) is 9.69 Å². The molecule has 43 heavy (non-hydrogen) atoms. The molecular formula is C30H35F3N6O4. The van der Waals surface area contributed by atoms with Crippen LogP contribution in [0.5, 0.6) is 5.75 Å². The molecule has 2 saturated heterocycles. The van der Waals surface area contributed by atoms with Gasteiger partial charge in [0, 0.05) is 32.0 Å². The number of benzene rings is 1. The summed E-state index contributed by atoms with van der Waals surface area (Å²) in [6.07, 6.45) is 3.33. The Morgan fingerprint density at radius 3 is 2.58 bits per heavy atom. The Hall–Kier alpha value is -3.84. The number of ether oxygens (including phenoxy) is 3. The summed E-state index contributed by atoms with van der Waals surface area (Å²) in [5.74, 6) is 1.55. The first-order valence-corrected chi connectivity index (χ1v) is 14.3. The van der Waals surface area contributed by atoms with E-state index in [2.05, 4.69) is 31.8 Å². The third-order valence-corrected chi connectivity index (χ3v) is 7.29. The van der Waals surface area contributed by atoms with E-state index in [1.54, 1.807) is 23.5 Å². The number of aryl methyl sites for hydroxylation is 1. The fourth-order valence-corrected chi connectivity index (χ4v) is 5.30. The topological polar surface area (TPSA) is 103 Å². The number of halogens is 3. The quantitative estimate of drug-likeness (QED) is 0.384. The highest BCUT2D eigenvalue weighted by molar-refractivity contribution is 5.96. The van der Waals surface area contributed by atoms with Crippen LogP contribution in [-0.2, 0) is 26.9 Å². The number of amides is 1. The molecule has 230 valence electrons. The van der Waals surface area contributed by atoms with Crippen molar-refractivity contribution in [1.82, 2.24) is 19.9 Å². The van der Waals surface area contributed by atoms with Crippen molar-refractivity contribution < 1.29 is 32.2 Å². The van der Waals surface area contributed by atoms with Gasteiger partial charge in [-0.15, -0.1) is 0 Å². The maximum Gasteiger partial charge on any atom is 0.416 e. The van der Waals surface area contributed by atoms with Crippen molar-refractivity contribution in [3.05, 3.63) is 54.2 Å². The monoisotopic (exact) mass is 600 g/mol. The van der Waals surface area contributed by atoms with Crippen LogP contribution in [0.1, 0.15) is 51.9 Å². The van der Waals surface area contributed by atoms with E-state index in [0.717, 1.165) is 56.0 Å². The van der Waals surface area contributed by atoms with Crippen LogP contribution in [0.15, 0.2) is 42.9 Å². The minimum absolute atomic E-state index is 0.0321. The predicted octanol–water partition coefficient (Wildman–Crippen LogP) is 5.07. The van der Waals surface area contributed by atoms with Gasteiger partial charge >= 0.3 is 6.18 Å². The second-order valence-corrected chi connectivity index (χ2v) is 11.1. The Labute approximate surface area is 248 Å². The van der Waals surface area contributed by atoms with Crippen molar-refractivity contribution in [3.63, 3.8) is 0 Å². The Balaban J connectivity index is 0.000000181. The van der Waals surface area contributed by atoms with Crippen molar-refractivity contribution in [1.29, 1.82) is 0 Å². The Morgan fingerprint density at radius 1 is 1.16 bits per heavy atom. The zero-order valence-corrected chi connectivity index (χ0v) is 24.6. The minimum atomic E-state index is -4.43. The standard InChI is InChI=1S/C17H15F3N4O.C13H20N2O3/c1-10(25)24-13-5-6-23(9-13)14-8-21-15(22-16(14)24)11-3-2-4-12(7-11)17(18,19)20;1-4-5-12-14-6-10(7-15-12)16-8-11-9-17-13(2,3)18-11/h2-4,7-8,13H,5-6,9H2,1H3;6-7,11H,4-5,8-9H2,1-3H3. The van der Waals surface area contributed by atoms with Crippen LogP contribution in [-0.4, -0.2) is 70.1 Å². The fraction of sp³-hybridized carbons (Fsp3) is 0.500. The number of nitrogens with zero attached hydrogens (tertiary/aromatic N) is 6. The van der Waals surface area contributed by atoms with Crippen molar-refractivity contribution in [3.8, 4) is 17.1 Å². The summed E-state index contributed by atoms with van der Waals surface area (Å²) in [5, 5.41) is 0. The van der Waals surface area contributed by atoms with Crippen molar-refractivity contribution in [2.24, 2.45) is 0 Å². The van der Waals surface area contributed by atoms with E-state index in [1.165, 1.54) is 19.1 Å². The van der Waals surface area contributed by atoms with E-state index in [0.29, 0.717) is 24.8 Å². The number of aromatic nitrogens is 4. The summed E-state index contributed by atoms with van der Waals surface area (Å²) in [6, 6.07) is 4.95. The number of carbonyl (C=O) groups excluding carboxylic acids is 1. The lowest BCUT2D eigenvalue weighted by molar-refractivity contribution is -0.141. The van der Waals surface area contributed by atoms with Crippen LogP contribution in [0.4, 0.5) is 24.7 Å². The van der Waals surface area contributed by atoms with Gasteiger partial charge < -0.3 is 19.1 Å². The van der Waals surface area contributed by atoms with E-state index in [1.807, 2.05) is 13.8 Å². The van der Waals surface area contributed by atoms with Gasteiger partial charge in [0.15, 0.2) is 23.2 Å². The Bertz CT molecular complexity index is 1440. The molecule has 5 heterocycles. The van der Waals surface area contributed by atoms with E-state index in [-0.39, 0.29) is 29.4 Å². The van der Waals surface area contributed by atoms with Gasteiger partial charge in [-0.1, -0.05) is 19.1 Å². The van der Waals surface area contributed by atoms with Crippen LogP contribution in [0.2, 0.25) is 0 Å². The molecule has 10 nitrogen and oxygen atoms in total. The van der Waals surface area contributed by atoms with Crippen molar-refractivity contribution >= 4 is 17.4 Å². The second-order valence-electron chi connectivity index (χ2n) is 11.1. The van der Waals surface area contributed by atoms with Crippen LogP contribution in [0.3, 0.4) is 0 Å². The average molecular weight is 601 g/mol. The van der Waals surface area contributed by atoms with E-state index in [9.17, 15) is 18.0 Å². The molecule has 0 radical (unpaired) electrons. The van der Waals surface area contributed by atoms with E-state index in [4.69, 9.17) is 14.2 Å². The maximum absolute atomic E-state index is 12.9. The molecule has 13 heteroatoms. The number of anilines is 2. The number of hydrogen-bond acceptors (Lipinski definition) is 9. The summed E-state index contributed by atoms with van der Waals surface area (Å²) in [5.41, 5.74) is 0.271. The van der Waals surface area contributed by atoms with Gasteiger partial charge in [-0.05, 0) is 38.8 Å². The summed E-state index contributed by atoms with van der Waals surface area (Å²) in [4.78, 5) is 33.0. The summed E-state index contributed by atoms with van der Waals surface area (Å²) in [7, 11) is 0. The zero-order valence-electron chi connectivity index (χ0n) is 24.6. The first-order chi connectivity index (χ1) is 20.4. The molecule has 0 spiro atoms. The van der Waals surface area contributed by atoms with Crippen molar-refractivity contribution in [2.75, 3.05) is 36.1 Å². The van der Waals surface area contributed by atoms with Crippen LogP contribution in [0.25, 0.3) is 11.4 Å². The van der Waals surface area contributed by atoms with Crippen LogP contribution >= 0.6 is 0 Å². The third kappa shape index (κ3) is 7.21. The molecule has 0 N–H and O–H groups in total. The normalized spacial score (nSPS) is 20.3. The van der Waals surface area contributed by atoms with Gasteiger partial charge in [-0.2, -0.15) is 13.2 Å². The molecule has 0 saturated carbocycles. The first kappa shape index (κ1) is 30.6. The fourth-order valence-electron chi connectivity index (χ4n) is 5.30. The molecule has 2 atom stereocenters. The maximum atomic E-state index is 12.9. The molecule has 1 aromatic carbocycles. The molecule has 6 rings (SSSR count). The van der Waals surface area contributed by atoms with Gasteiger partial charge in [0.05, 0.1) is 42.5 Å². The SMILES string of the molecule is CC(=O)N1c2nc(-c3cccc(C(F)(F)F)c3)ncc2N2CCC1C2.CCCc1ncc(OCC2COC(C)(C)O2)cn1. The number of alkyl halides is 3. The second kappa shape index (κ2) is 12.4. The third-order valence-electron chi connectivity index (χ3n) is 7.29. The predicted molar refractivity (Wildman–Crippen MR) is 153 cm³/mol. The molecule has 0 aliphatic carbocycles. The molecule has 3 aromatic rings. The highest BCUT2D eigenvalue weighted by Crippen LogP contribution is 2.39. The van der Waals surface area contributed by atoms with Crippen molar-refractivity contribution in [2.45, 2.75) is 71.1 Å².